The minimum absolute atomic E-state index is 0.0273. The Labute approximate surface area is 87.4 Å². The van der Waals surface area contributed by atoms with Gasteiger partial charge < -0.3 is 10.1 Å². The Morgan fingerprint density at radius 1 is 1.29 bits per heavy atom. The second-order valence-corrected chi connectivity index (χ2v) is 5.84. The van der Waals surface area contributed by atoms with Gasteiger partial charge in [0, 0.05) is 18.7 Å². The van der Waals surface area contributed by atoms with Gasteiger partial charge in [0.15, 0.2) is 0 Å². The molecule has 2 fully saturated rings. The largest absolute Gasteiger partial charge is 0.374 e. The standard InChI is InChI=1S/C12H23NO/c1-9(12(4)6-7-12)13-10-5-8-14-11(10,2)3/h9-10,13H,5-8H2,1-4H3. The highest BCUT2D eigenvalue weighted by Gasteiger charge is 2.45. The summed E-state index contributed by atoms with van der Waals surface area (Å²) in [5.74, 6) is 0. The van der Waals surface area contributed by atoms with E-state index in [4.69, 9.17) is 4.74 Å². The van der Waals surface area contributed by atoms with Gasteiger partial charge in [0.05, 0.1) is 5.60 Å². The highest BCUT2D eigenvalue weighted by Crippen LogP contribution is 2.48. The molecule has 2 atom stereocenters. The van der Waals surface area contributed by atoms with E-state index in [-0.39, 0.29) is 5.60 Å². The molecule has 0 spiro atoms. The smallest absolute Gasteiger partial charge is 0.0779 e. The van der Waals surface area contributed by atoms with Crippen LogP contribution < -0.4 is 5.32 Å². The first-order valence-electron chi connectivity index (χ1n) is 5.84. The normalized spacial score (nSPS) is 35.6. The highest BCUT2D eigenvalue weighted by molar-refractivity contribution is 5.00. The van der Waals surface area contributed by atoms with Gasteiger partial charge in [0.25, 0.3) is 0 Å². The molecule has 0 bridgehead atoms. The van der Waals surface area contributed by atoms with E-state index in [1.54, 1.807) is 0 Å². The topological polar surface area (TPSA) is 21.3 Å². The van der Waals surface area contributed by atoms with Gasteiger partial charge in [-0.15, -0.1) is 0 Å². The van der Waals surface area contributed by atoms with Gasteiger partial charge in [0.1, 0.15) is 0 Å². The summed E-state index contributed by atoms with van der Waals surface area (Å²) in [5, 5.41) is 3.75. The molecule has 2 heteroatoms. The summed E-state index contributed by atoms with van der Waals surface area (Å²) < 4.78 is 5.72. The number of rotatable bonds is 3. The van der Waals surface area contributed by atoms with E-state index >= 15 is 0 Å². The molecule has 14 heavy (non-hydrogen) atoms. The number of hydrogen-bond donors (Lipinski definition) is 1. The van der Waals surface area contributed by atoms with Gasteiger partial charge >= 0.3 is 0 Å². The molecule has 0 aromatic carbocycles. The average molecular weight is 197 g/mol. The number of hydrogen-bond acceptors (Lipinski definition) is 2. The van der Waals surface area contributed by atoms with E-state index in [0.29, 0.717) is 17.5 Å². The maximum Gasteiger partial charge on any atom is 0.0779 e. The Morgan fingerprint density at radius 3 is 2.36 bits per heavy atom. The molecule has 2 aliphatic rings. The molecular weight excluding hydrogens is 174 g/mol. The van der Waals surface area contributed by atoms with E-state index < -0.39 is 0 Å². The summed E-state index contributed by atoms with van der Waals surface area (Å²) in [5.41, 5.74) is 0.595. The second kappa shape index (κ2) is 3.21. The molecule has 1 heterocycles. The van der Waals surface area contributed by atoms with Gasteiger partial charge in [-0.25, -0.2) is 0 Å². The first-order valence-corrected chi connectivity index (χ1v) is 5.84. The molecule has 82 valence electrons. The van der Waals surface area contributed by atoms with Crippen LogP contribution in [0.4, 0.5) is 0 Å². The van der Waals surface area contributed by atoms with E-state index in [1.165, 1.54) is 12.8 Å². The molecule has 2 rings (SSSR count). The molecule has 2 unspecified atom stereocenters. The summed E-state index contributed by atoms with van der Waals surface area (Å²) in [6, 6.07) is 1.17. The van der Waals surface area contributed by atoms with Crippen molar-refractivity contribution in [2.45, 2.75) is 64.6 Å². The van der Waals surface area contributed by atoms with Crippen LogP contribution in [0.1, 0.15) is 47.0 Å². The van der Waals surface area contributed by atoms with Crippen molar-refractivity contribution in [3.8, 4) is 0 Å². The zero-order chi connectivity index (χ0) is 10.4. The molecule has 0 aromatic rings. The molecule has 1 aliphatic carbocycles. The predicted octanol–water partition coefficient (Wildman–Crippen LogP) is 2.33. The van der Waals surface area contributed by atoms with Crippen LogP contribution in [0.15, 0.2) is 0 Å². The molecule has 0 amide bonds. The third-order valence-corrected chi connectivity index (χ3v) is 4.26. The van der Waals surface area contributed by atoms with Gasteiger partial charge in [-0.3, -0.25) is 0 Å². The highest BCUT2D eigenvalue weighted by atomic mass is 16.5. The lowest BCUT2D eigenvalue weighted by Gasteiger charge is -2.32. The van der Waals surface area contributed by atoms with Gasteiger partial charge in [-0.1, -0.05) is 6.92 Å². The Bertz CT molecular complexity index is 220. The van der Waals surface area contributed by atoms with Crippen LogP contribution in [0.25, 0.3) is 0 Å². The minimum Gasteiger partial charge on any atom is -0.374 e. The number of ether oxygens (including phenoxy) is 1. The van der Waals surface area contributed by atoms with E-state index in [0.717, 1.165) is 13.0 Å². The van der Waals surface area contributed by atoms with Crippen LogP contribution in [0.2, 0.25) is 0 Å². The van der Waals surface area contributed by atoms with Crippen molar-refractivity contribution >= 4 is 0 Å². The van der Waals surface area contributed by atoms with Crippen molar-refractivity contribution in [2.24, 2.45) is 5.41 Å². The quantitative estimate of drug-likeness (QED) is 0.750. The van der Waals surface area contributed by atoms with Crippen molar-refractivity contribution in [1.29, 1.82) is 0 Å². The Hall–Kier alpha value is -0.0800. The second-order valence-electron chi connectivity index (χ2n) is 5.84. The first-order chi connectivity index (χ1) is 6.44. The van der Waals surface area contributed by atoms with Crippen LogP contribution in [0.5, 0.6) is 0 Å². The molecule has 0 aromatic heterocycles. The van der Waals surface area contributed by atoms with Crippen LogP contribution in [0, 0.1) is 5.41 Å². The lowest BCUT2D eigenvalue weighted by atomic mass is 9.94. The van der Waals surface area contributed by atoms with Crippen molar-refractivity contribution in [3.63, 3.8) is 0 Å². The Balaban J connectivity index is 1.91. The lowest BCUT2D eigenvalue weighted by molar-refractivity contribution is 0.0182. The molecular formula is C12H23NO. The van der Waals surface area contributed by atoms with E-state index in [9.17, 15) is 0 Å². The summed E-state index contributed by atoms with van der Waals surface area (Å²) in [4.78, 5) is 0. The maximum absolute atomic E-state index is 5.72. The molecule has 1 aliphatic heterocycles. The number of nitrogens with one attached hydrogen (secondary N) is 1. The SMILES string of the molecule is CC(NC1CCOC1(C)C)C1(C)CC1. The molecule has 1 N–H and O–H groups in total. The maximum atomic E-state index is 5.72. The zero-order valence-corrected chi connectivity index (χ0v) is 9.89. The minimum atomic E-state index is 0.0273. The van der Waals surface area contributed by atoms with Gasteiger partial charge in [-0.05, 0) is 45.4 Å². The van der Waals surface area contributed by atoms with Crippen LogP contribution in [-0.4, -0.2) is 24.3 Å². The summed E-state index contributed by atoms with van der Waals surface area (Å²) in [6.45, 7) is 10.0. The fourth-order valence-electron chi connectivity index (χ4n) is 2.31. The van der Waals surface area contributed by atoms with Crippen molar-refractivity contribution in [2.75, 3.05) is 6.61 Å². The molecule has 1 saturated carbocycles. The predicted molar refractivity (Wildman–Crippen MR) is 58.4 cm³/mol. The van der Waals surface area contributed by atoms with Crippen LogP contribution in [-0.2, 0) is 4.74 Å². The zero-order valence-electron chi connectivity index (χ0n) is 9.89. The van der Waals surface area contributed by atoms with E-state index in [2.05, 4.69) is 33.0 Å². The van der Waals surface area contributed by atoms with Crippen molar-refractivity contribution in [1.82, 2.24) is 5.32 Å². The monoisotopic (exact) mass is 197 g/mol. The molecule has 1 saturated heterocycles. The Kier molecular flexibility index (Phi) is 2.39. The fourth-order valence-corrected chi connectivity index (χ4v) is 2.31. The third-order valence-electron chi connectivity index (χ3n) is 4.26. The third kappa shape index (κ3) is 1.82. The first kappa shape index (κ1) is 10.4. The lowest BCUT2D eigenvalue weighted by Crippen LogP contribution is -2.49. The van der Waals surface area contributed by atoms with Crippen LogP contribution in [0.3, 0.4) is 0 Å². The van der Waals surface area contributed by atoms with Crippen LogP contribution >= 0.6 is 0 Å². The summed E-state index contributed by atoms with van der Waals surface area (Å²) in [7, 11) is 0. The summed E-state index contributed by atoms with van der Waals surface area (Å²) >= 11 is 0. The molecule has 2 nitrogen and oxygen atoms in total. The van der Waals surface area contributed by atoms with Crippen molar-refractivity contribution in [3.05, 3.63) is 0 Å². The van der Waals surface area contributed by atoms with Gasteiger partial charge in [-0.2, -0.15) is 0 Å². The van der Waals surface area contributed by atoms with Gasteiger partial charge in [0.2, 0.25) is 0 Å². The Morgan fingerprint density at radius 2 is 1.93 bits per heavy atom. The summed E-state index contributed by atoms with van der Waals surface area (Å²) in [6.07, 6.45) is 3.93. The van der Waals surface area contributed by atoms with Crippen molar-refractivity contribution < 1.29 is 4.74 Å². The van der Waals surface area contributed by atoms with E-state index in [1.807, 2.05) is 0 Å². The fraction of sp³-hybridized carbons (Fsp3) is 1.00. The molecule has 0 radical (unpaired) electrons. The average Bonchev–Trinajstić information content (AvgIpc) is 2.75.